The average molecular weight is 268 g/mol. The van der Waals surface area contributed by atoms with Crippen LogP contribution in [0.1, 0.15) is 36.5 Å². The van der Waals surface area contributed by atoms with Crippen molar-refractivity contribution >= 4 is 5.84 Å². The number of rotatable bonds is 4. The molecule has 0 saturated heterocycles. The molecular formula is C17H20N2O. The number of nitrogens with one attached hydrogen (secondary N) is 1. The first-order valence-electron chi connectivity index (χ1n) is 6.71. The zero-order chi connectivity index (χ0) is 14.7. The summed E-state index contributed by atoms with van der Waals surface area (Å²) in [5, 5.41) is 7.60. The Bertz CT molecular complexity index is 633. The topological polar surface area (TPSA) is 59.1 Å². The molecule has 0 spiro atoms. The van der Waals surface area contributed by atoms with Crippen LogP contribution in [0, 0.1) is 12.3 Å². The van der Waals surface area contributed by atoms with E-state index in [4.69, 9.17) is 15.9 Å². The molecule has 3 heteroatoms. The van der Waals surface area contributed by atoms with Gasteiger partial charge in [0.05, 0.1) is 5.56 Å². The fourth-order valence-corrected chi connectivity index (χ4v) is 1.98. The maximum absolute atomic E-state index is 7.60. The highest BCUT2D eigenvalue weighted by Crippen LogP contribution is 2.30. The standard InChI is InChI=1S/C17H20N2O/c1-11(2)13-9-8-12(3)16(10-13)20-15-7-5-4-6-14(15)17(18)19/h4-11H,1-3H3,(H3,18,19). The van der Waals surface area contributed by atoms with Crippen molar-refractivity contribution in [2.45, 2.75) is 26.7 Å². The highest BCUT2D eigenvalue weighted by Gasteiger charge is 2.10. The van der Waals surface area contributed by atoms with Gasteiger partial charge >= 0.3 is 0 Å². The van der Waals surface area contributed by atoms with E-state index in [2.05, 4.69) is 32.0 Å². The van der Waals surface area contributed by atoms with Gasteiger partial charge in [0.2, 0.25) is 0 Å². The number of hydrogen-bond acceptors (Lipinski definition) is 2. The van der Waals surface area contributed by atoms with Crippen LogP contribution in [0.25, 0.3) is 0 Å². The Morgan fingerprint density at radius 2 is 1.80 bits per heavy atom. The fraction of sp³-hybridized carbons (Fsp3) is 0.235. The Morgan fingerprint density at radius 1 is 1.10 bits per heavy atom. The van der Waals surface area contributed by atoms with Gasteiger partial charge in [0.25, 0.3) is 0 Å². The van der Waals surface area contributed by atoms with Crippen molar-refractivity contribution in [2.24, 2.45) is 5.73 Å². The average Bonchev–Trinajstić information content (AvgIpc) is 2.41. The number of benzene rings is 2. The molecule has 0 amide bonds. The number of amidine groups is 1. The van der Waals surface area contributed by atoms with Crippen LogP contribution >= 0.6 is 0 Å². The summed E-state index contributed by atoms with van der Waals surface area (Å²) in [6, 6.07) is 13.6. The molecule has 0 saturated carbocycles. The van der Waals surface area contributed by atoms with Crippen LogP contribution < -0.4 is 10.5 Å². The third-order valence-electron chi connectivity index (χ3n) is 3.28. The minimum absolute atomic E-state index is 0.0123. The Labute approximate surface area is 119 Å². The molecule has 2 aromatic carbocycles. The van der Waals surface area contributed by atoms with Gasteiger partial charge < -0.3 is 10.5 Å². The molecule has 2 rings (SSSR count). The maximum Gasteiger partial charge on any atom is 0.138 e. The molecule has 0 heterocycles. The van der Waals surface area contributed by atoms with E-state index in [1.807, 2.05) is 25.1 Å². The molecule has 0 fully saturated rings. The molecule has 0 bridgehead atoms. The van der Waals surface area contributed by atoms with E-state index in [0.29, 0.717) is 17.2 Å². The normalized spacial score (nSPS) is 10.6. The predicted octanol–water partition coefficient (Wildman–Crippen LogP) is 4.19. The number of hydrogen-bond donors (Lipinski definition) is 2. The number of aryl methyl sites for hydroxylation is 1. The van der Waals surface area contributed by atoms with Crippen LogP contribution in [0.3, 0.4) is 0 Å². The lowest BCUT2D eigenvalue weighted by atomic mass is 10.0. The van der Waals surface area contributed by atoms with E-state index in [0.717, 1.165) is 11.3 Å². The van der Waals surface area contributed by atoms with Crippen LogP contribution in [0.2, 0.25) is 0 Å². The summed E-state index contributed by atoms with van der Waals surface area (Å²) in [4.78, 5) is 0. The van der Waals surface area contributed by atoms with Crippen molar-refractivity contribution in [2.75, 3.05) is 0 Å². The molecule has 0 atom stereocenters. The summed E-state index contributed by atoms with van der Waals surface area (Å²) in [6.45, 7) is 6.31. The second-order valence-corrected chi connectivity index (χ2v) is 5.19. The SMILES string of the molecule is Cc1ccc(C(C)C)cc1Oc1ccccc1C(=N)N. The smallest absolute Gasteiger partial charge is 0.138 e. The van der Waals surface area contributed by atoms with E-state index in [1.54, 1.807) is 6.07 Å². The molecule has 3 N–H and O–H groups in total. The number of ether oxygens (including phenoxy) is 1. The van der Waals surface area contributed by atoms with Crippen LogP contribution in [-0.2, 0) is 0 Å². The highest BCUT2D eigenvalue weighted by molar-refractivity contribution is 5.97. The second-order valence-electron chi connectivity index (χ2n) is 5.19. The molecule has 3 nitrogen and oxygen atoms in total. The van der Waals surface area contributed by atoms with Crippen LogP contribution in [0.15, 0.2) is 42.5 Å². The quantitative estimate of drug-likeness (QED) is 0.645. The van der Waals surface area contributed by atoms with Crippen LogP contribution in [-0.4, -0.2) is 5.84 Å². The Balaban J connectivity index is 2.40. The third kappa shape index (κ3) is 2.99. The lowest BCUT2D eigenvalue weighted by Gasteiger charge is -2.14. The maximum atomic E-state index is 7.60. The molecule has 0 radical (unpaired) electrons. The van der Waals surface area contributed by atoms with Gasteiger partial charge in [0, 0.05) is 0 Å². The zero-order valence-electron chi connectivity index (χ0n) is 12.1. The minimum Gasteiger partial charge on any atom is -0.456 e. The van der Waals surface area contributed by atoms with Gasteiger partial charge in [0.15, 0.2) is 0 Å². The predicted molar refractivity (Wildman–Crippen MR) is 82.8 cm³/mol. The van der Waals surface area contributed by atoms with Crippen molar-refractivity contribution in [3.05, 3.63) is 59.2 Å². The van der Waals surface area contributed by atoms with Gasteiger partial charge in [-0.15, -0.1) is 0 Å². The Morgan fingerprint density at radius 3 is 2.45 bits per heavy atom. The molecule has 0 aliphatic carbocycles. The van der Waals surface area contributed by atoms with Gasteiger partial charge in [-0.2, -0.15) is 0 Å². The van der Waals surface area contributed by atoms with Crippen molar-refractivity contribution in [1.29, 1.82) is 5.41 Å². The van der Waals surface area contributed by atoms with Gasteiger partial charge in [-0.3, -0.25) is 5.41 Å². The third-order valence-corrected chi connectivity index (χ3v) is 3.28. The molecule has 2 aromatic rings. The van der Waals surface area contributed by atoms with Crippen molar-refractivity contribution in [3.8, 4) is 11.5 Å². The largest absolute Gasteiger partial charge is 0.456 e. The van der Waals surface area contributed by atoms with E-state index >= 15 is 0 Å². The molecule has 0 unspecified atom stereocenters. The van der Waals surface area contributed by atoms with Crippen molar-refractivity contribution in [3.63, 3.8) is 0 Å². The second kappa shape index (κ2) is 5.78. The lowest BCUT2D eigenvalue weighted by molar-refractivity contribution is 0.476. The minimum atomic E-state index is 0.0123. The van der Waals surface area contributed by atoms with Crippen molar-refractivity contribution < 1.29 is 4.74 Å². The summed E-state index contributed by atoms with van der Waals surface area (Å²) in [5.41, 5.74) is 8.49. The Hall–Kier alpha value is -2.29. The molecule has 0 aliphatic heterocycles. The molecule has 0 aliphatic rings. The van der Waals surface area contributed by atoms with Gasteiger partial charge in [0.1, 0.15) is 17.3 Å². The van der Waals surface area contributed by atoms with E-state index in [1.165, 1.54) is 5.56 Å². The number of para-hydroxylation sites is 1. The first-order valence-corrected chi connectivity index (χ1v) is 6.71. The lowest BCUT2D eigenvalue weighted by Crippen LogP contribution is -2.12. The van der Waals surface area contributed by atoms with Gasteiger partial charge in [-0.05, 0) is 42.2 Å². The van der Waals surface area contributed by atoms with Crippen LogP contribution in [0.4, 0.5) is 0 Å². The van der Waals surface area contributed by atoms with Crippen LogP contribution in [0.5, 0.6) is 11.5 Å². The fourth-order valence-electron chi connectivity index (χ4n) is 1.98. The molecule has 0 aromatic heterocycles. The summed E-state index contributed by atoms with van der Waals surface area (Å²) < 4.78 is 5.97. The zero-order valence-corrected chi connectivity index (χ0v) is 12.1. The Kier molecular flexibility index (Phi) is 4.08. The van der Waals surface area contributed by atoms with E-state index in [-0.39, 0.29) is 5.84 Å². The van der Waals surface area contributed by atoms with Crippen molar-refractivity contribution in [1.82, 2.24) is 0 Å². The molecule has 20 heavy (non-hydrogen) atoms. The summed E-state index contributed by atoms with van der Waals surface area (Å²) in [5.74, 6) is 1.88. The van der Waals surface area contributed by atoms with E-state index < -0.39 is 0 Å². The van der Waals surface area contributed by atoms with Gasteiger partial charge in [-0.25, -0.2) is 0 Å². The summed E-state index contributed by atoms with van der Waals surface area (Å²) in [7, 11) is 0. The van der Waals surface area contributed by atoms with E-state index in [9.17, 15) is 0 Å². The molecular weight excluding hydrogens is 248 g/mol. The number of nitrogen functional groups attached to an aromatic ring is 1. The monoisotopic (exact) mass is 268 g/mol. The summed E-state index contributed by atoms with van der Waals surface area (Å²) >= 11 is 0. The summed E-state index contributed by atoms with van der Waals surface area (Å²) in [6.07, 6.45) is 0. The molecule has 104 valence electrons. The highest BCUT2D eigenvalue weighted by atomic mass is 16.5. The number of nitrogens with two attached hydrogens (primary N) is 1. The first kappa shape index (κ1) is 14.1. The van der Waals surface area contributed by atoms with Gasteiger partial charge in [-0.1, -0.05) is 38.1 Å². The first-order chi connectivity index (χ1) is 9.49.